The Labute approximate surface area is 173 Å². The van der Waals surface area contributed by atoms with Gasteiger partial charge in [-0.25, -0.2) is 4.98 Å². The molecule has 0 unspecified atom stereocenters. The van der Waals surface area contributed by atoms with Gasteiger partial charge in [-0.15, -0.1) is 0 Å². The Morgan fingerprint density at radius 1 is 1.28 bits per heavy atom. The van der Waals surface area contributed by atoms with Crippen LogP contribution in [-0.2, 0) is 6.54 Å². The lowest BCUT2D eigenvalue weighted by molar-refractivity contribution is -0.385. The molecule has 0 aliphatic carbocycles. The smallest absolute Gasteiger partial charge is 0.311 e. The molecule has 0 amide bonds. The topological polar surface area (TPSA) is 84.9 Å². The van der Waals surface area contributed by atoms with Gasteiger partial charge in [0.05, 0.1) is 28.4 Å². The molecule has 1 aliphatic rings. The molecule has 0 bridgehead atoms. The van der Waals surface area contributed by atoms with Crippen LogP contribution < -0.4 is 10.1 Å². The highest BCUT2D eigenvalue weighted by Gasteiger charge is 2.22. The van der Waals surface area contributed by atoms with E-state index in [1.165, 1.54) is 13.2 Å². The van der Waals surface area contributed by atoms with Gasteiger partial charge in [-0.3, -0.25) is 15.0 Å². The fourth-order valence-electron chi connectivity index (χ4n) is 3.70. The van der Waals surface area contributed by atoms with Gasteiger partial charge in [-0.2, -0.15) is 0 Å². The summed E-state index contributed by atoms with van der Waals surface area (Å²) in [6.07, 6.45) is 2.91. The zero-order valence-corrected chi connectivity index (χ0v) is 16.9. The van der Waals surface area contributed by atoms with Crippen LogP contribution in [0.5, 0.6) is 5.75 Å². The van der Waals surface area contributed by atoms with Gasteiger partial charge in [0, 0.05) is 37.5 Å². The van der Waals surface area contributed by atoms with E-state index in [0.717, 1.165) is 49.6 Å². The highest BCUT2D eigenvalue weighted by atomic mass is 35.5. The number of imidazole rings is 1. The van der Waals surface area contributed by atoms with Gasteiger partial charge in [-0.05, 0) is 43.8 Å². The number of nitrogens with one attached hydrogen (secondary N) is 1. The van der Waals surface area contributed by atoms with Crippen molar-refractivity contribution in [2.75, 3.05) is 33.3 Å². The van der Waals surface area contributed by atoms with Crippen molar-refractivity contribution in [1.29, 1.82) is 0 Å². The first-order valence-corrected chi connectivity index (χ1v) is 9.87. The molecule has 1 aromatic carbocycles. The van der Waals surface area contributed by atoms with E-state index in [1.54, 1.807) is 12.1 Å². The molecule has 0 spiro atoms. The Bertz CT molecular complexity index is 1040. The number of ether oxygens (including phenoxy) is 1. The number of hydrogen-bond donors (Lipinski definition) is 1. The van der Waals surface area contributed by atoms with Crippen LogP contribution in [0.2, 0.25) is 5.02 Å². The molecule has 8 nitrogen and oxygen atoms in total. The Kier molecular flexibility index (Phi) is 5.66. The average Bonchev–Trinajstić information content (AvgIpc) is 2.88. The maximum Gasteiger partial charge on any atom is 0.311 e. The number of aromatic nitrogens is 2. The summed E-state index contributed by atoms with van der Waals surface area (Å²) in [7, 11) is 1.42. The molecule has 152 valence electrons. The summed E-state index contributed by atoms with van der Waals surface area (Å²) in [6, 6.07) is 8.60. The fourth-order valence-corrected chi connectivity index (χ4v) is 3.86. The number of fused-ring (bicyclic) bond motifs is 1. The molecule has 1 N–H and O–H groups in total. The predicted octanol–water partition coefficient (Wildman–Crippen LogP) is 3.37. The van der Waals surface area contributed by atoms with Gasteiger partial charge in [0.15, 0.2) is 5.75 Å². The number of methoxy groups -OCH3 is 1. The zero-order chi connectivity index (χ0) is 20.4. The van der Waals surface area contributed by atoms with Crippen LogP contribution in [0.15, 0.2) is 36.5 Å². The number of halogens is 1. The number of nitro benzene ring substituents is 1. The SMILES string of the molecule is COc1ccc(-c2nc3ccc(Cl)cn3c2CN2CCCNCC2)cc1[N+](=O)[O-]. The van der Waals surface area contributed by atoms with Crippen molar-refractivity contribution >= 4 is 22.9 Å². The minimum Gasteiger partial charge on any atom is -0.490 e. The van der Waals surface area contributed by atoms with Crippen LogP contribution >= 0.6 is 11.6 Å². The van der Waals surface area contributed by atoms with Crippen molar-refractivity contribution in [3.8, 4) is 17.0 Å². The van der Waals surface area contributed by atoms with Crippen molar-refractivity contribution < 1.29 is 9.66 Å². The molecule has 3 aromatic rings. The predicted molar refractivity (Wildman–Crippen MR) is 112 cm³/mol. The molecule has 0 atom stereocenters. The molecule has 4 rings (SSSR count). The van der Waals surface area contributed by atoms with Gasteiger partial charge < -0.3 is 14.5 Å². The third kappa shape index (κ3) is 4.05. The van der Waals surface area contributed by atoms with Gasteiger partial charge in [-0.1, -0.05) is 11.6 Å². The molecular weight excluding hydrogens is 394 g/mol. The minimum atomic E-state index is -0.435. The van der Waals surface area contributed by atoms with Crippen molar-refractivity contribution in [1.82, 2.24) is 19.6 Å². The van der Waals surface area contributed by atoms with Crippen molar-refractivity contribution in [2.24, 2.45) is 0 Å². The first-order valence-electron chi connectivity index (χ1n) is 9.49. The molecular formula is C20H22ClN5O3. The van der Waals surface area contributed by atoms with Crippen LogP contribution in [-0.4, -0.2) is 52.5 Å². The fraction of sp³-hybridized carbons (Fsp3) is 0.350. The second kappa shape index (κ2) is 8.36. The number of nitrogens with zero attached hydrogens (tertiary/aromatic N) is 4. The van der Waals surface area contributed by atoms with Crippen molar-refractivity contribution in [3.05, 3.63) is 57.4 Å². The maximum absolute atomic E-state index is 11.5. The molecule has 1 aliphatic heterocycles. The number of hydrogen-bond acceptors (Lipinski definition) is 6. The molecule has 0 saturated carbocycles. The van der Waals surface area contributed by atoms with E-state index >= 15 is 0 Å². The minimum absolute atomic E-state index is 0.0787. The highest BCUT2D eigenvalue weighted by molar-refractivity contribution is 6.30. The molecule has 2 aromatic heterocycles. The number of rotatable bonds is 5. The van der Waals surface area contributed by atoms with Gasteiger partial charge in [0.2, 0.25) is 0 Å². The van der Waals surface area contributed by atoms with Crippen LogP contribution in [0.25, 0.3) is 16.9 Å². The van der Waals surface area contributed by atoms with Crippen LogP contribution in [0.1, 0.15) is 12.1 Å². The van der Waals surface area contributed by atoms with E-state index in [9.17, 15) is 10.1 Å². The van der Waals surface area contributed by atoms with Crippen LogP contribution in [0.4, 0.5) is 5.69 Å². The van der Waals surface area contributed by atoms with E-state index in [1.807, 2.05) is 22.7 Å². The largest absolute Gasteiger partial charge is 0.490 e. The van der Waals surface area contributed by atoms with E-state index in [2.05, 4.69) is 10.2 Å². The van der Waals surface area contributed by atoms with E-state index < -0.39 is 4.92 Å². The molecule has 1 fully saturated rings. The first-order chi connectivity index (χ1) is 14.1. The molecule has 29 heavy (non-hydrogen) atoms. The Morgan fingerprint density at radius 3 is 2.93 bits per heavy atom. The second-order valence-corrected chi connectivity index (χ2v) is 7.44. The lowest BCUT2D eigenvalue weighted by Gasteiger charge is -2.20. The van der Waals surface area contributed by atoms with E-state index in [4.69, 9.17) is 21.3 Å². The maximum atomic E-state index is 11.5. The van der Waals surface area contributed by atoms with Crippen molar-refractivity contribution in [3.63, 3.8) is 0 Å². The third-order valence-electron chi connectivity index (χ3n) is 5.14. The quantitative estimate of drug-likeness (QED) is 0.508. The Morgan fingerprint density at radius 2 is 2.14 bits per heavy atom. The second-order valence-electron chi connectivity index (χ2n) is 7.01. The molecule has 3 heterocycles. The third-order valence-corrected chi connectivity index (χ3v) is 5.36. The molecule has 0 radical (unpaired) electrons. The Balaban J connectivity index is 1.83. The summed E-state index contributed by atoms with van der Waals surface area (Å²) in [6.45, 7) is 4.52. The van der Waals surface area contributed by atoms with Gasteiger partial charge in [0.25, 0.3) is 0 Å². The van der Waals surface area contributed by atoms with Gasteiger partial charge >= 0.3 is 5.69 Å². The number of nitro groups is 1. The standard InChI is InChI=1S/C20H22ClN5O3/c1-29-18-5-3-14(11-16(18)26(27)28)20-17(13-24-9-2-7-22-8-10-24)25-12-15(21)4-6-19(25)23-20/h3-6,11-12,22H,2,7-10,13H2,1H3. The number of benzene rings is 1. The normalized spacial score (nSPS) is 15.4. The summed E-state index contributed by atoms with van der Waals surface area (Å²) in [5, 5.41) is 15.5. The van der Waals surface area contributed by atoms with Crippen LogP contribution in [0, 0.1) is 10.1 Å². The molecule has 9 heteroatoms. The van der Waals surface area contributed by atoms with Gasteiger partial charge in [0.1, 0.15) is 5.65 Å². The first kappa shape index (κ1) is 19.6. The summed E-state index contributed by atoms with van der Waals surface area (Å²) in [5.41, 5.74) is 3.04. The van der Waals surface area contributed by atoms with Crippen molar-refractivity contribution in [2.45, 2.75) is 13.0 Å². The lowest BCUT2D eigenvalue weighted by Crippen LogP contribution is -2.28. The lowest BCUT2D eigenvalue weighted by atomic mass is 10.1. The zero-order valence-electron chi connectivity index (χ0n) is 16.1. The summed E-state index contributed by atoms with van der Waals surface area (Å²) in [5.74, 6) is 0.228. The Hall–Kier alpha value is -2.68. The summed E-state index contributed by atoms with van der Waals surface area (Å²) < 4.78 is 7.12. The summed E-state index contributed by atoms with van der Waals surface area (Å²) in [4.78, 5) is 18.2. The number of pyridine rings is 1. The summed E-state index contributed by atoms with van der Waals surface area (Å²) >= 11 is 6.24. The van der Waals surface area contributed by atoms with E-state index in [-0.39, 0.29) is 11.4 Å². The highest BCUT2D eigenvalue weighted by Crippen LogP contribution is 2.34. The van der Waals surface area contributed by atoms with Crippen LogP contribution in [0.3, 0.4) is 0 Å². The van der Waals surface area contributed by atoms with E-state index in [0.29, 0.717) is 17.1 Å². The average molecular weight is 416 g/mol. The molecule has 1 saturated heterocycles. The monoisotopic (exact) mass is 415 g/mol.